The Morgan fingerprint density at radius 3 is 2.76 bits per heavy atom. The summed E-state index contributed by atoms with van der Waals surface area (Å²) in [6.07, 6.45) is 3.40. The topological polar surface area (TPSA) is 77.0 Å². The molecule has 2 aromatic heterocycles. The van der Waals surface area contributed by atoms with Crippen molar-refractivity contribution in [2.24, 2.45) is 0 Å². The van der Waals surface area contributed by atoms with Gasteiger partial charge >= 0.3 is 0 Å². The highest BCUT2D eigenvalue weighted by molar-refractivity contribution is 7.09. The van der Waals surface area contributed by atoms with Crippen molar-refractivity contribution in [2.45, 2.75) is 32.7 Å². The van der Waals surface area contributed by atoms with Gasteiger partial charge in [0.05, 0.1) is 36.5 Å². The Labute approximate surface area is 196 Å². The zero-order valence-electron chi connectivity index (χ0n) is 18.5. The lowest BCUT2D eigenvalue weighted by molar-refractivity contribution is -0.132. The maximum Gasteiger partial charge on any atom is 0.237 e. The number of hydrogen-bond donors (Lipinski definition) is 0. The quantitative estimate of drug-likeness (QED) is 0.530. The number of nitrogens with zero attached hydrogens (tertiary/aromatic N) is 4. The number of pyridine rings is 1. The molecule has 1 aromatic carbocycles. The summed E-state index contributed by atoms with van der Waals surface area (Å²) in [5, 5.41) is 3.02. The summed E-state index contributed by atoms with van der Waals surface area (Å²) in [4.78, 5) is 25.8. The fraction of sp³-hybridized carbons (Fsp3) is 0.375. The van der Waals surface area contributed by atoms with Crippen molar-refractivity contribution >= 4 is 17.2 Å². The first-order chi connectivity index (χ1) is 16.1. The monoisotopic (exact) mass is 466 g/mol. The minimum Gasteiger partial charge on any atom is -0.454 e. The fourth-order valence-corrected chi connectivity index (χ4v) is 4.70. The SMILES string of the molecule is Cc1nc(CN2C[C@H](OCc3ccncc3)CN(Cc3ccc4c(c3)OCO4)CC2=O)cs1. The van der Waals surface area contributed by atoms with Crippen LogP contribution in [0.4, 0.5) is 0 Å². The first-order valence-corrected chi connectivity index (χ1v) is 11.8. The third kappa shape index (κ3) is 5.50. The molecule has 0 bridgehead atoms. The zero-order valence-corrected chi connectivity index (χ0v) is 19.3. The predicted octanol–water partition coefficient (Wildman–Crippen LogP) is 3.01. The van der Waals surface area contributed by atoms with Crippen molar-refractivity contribution in [3.63, 3.8) is 0 Å². The normalized spacial score (nSPS) is 18.5. The number of aromatic nitrogens is 2. The first-order valence-electron chi connectivity index (χ1n) is 10.9. The molecule has 1 saturated heterocycles. The number of ether oxygens (including phenoxy) is 3. The minimum absolute atomic E-state index is 0.0800. The number of thiazole rings is 1. The van der Waals surface area contributed by atoms with Gasteiger partial charge in [0.15, 0.2) is 11.5 Å². The Balaban J connectivity index is 1.31. The second-order valence-corrected chi connectivity index (χ2v) is 9.34. The molecule has 0 aliphatic carbocycles. The highest BCUT2D eigenvalue weighted by Crippen LogP contribution is 2.33. The van der Waals surface area contributed by atoms with Gasteiger partial charge in [-0.2, -0.15) is 0 Å². The van der Waals surface area contributed by atoms with E-state index in [9.17, 15) is 4.79 Å². The molecule has 0 unspecified atom stereocenters. The Morgan fingerprint density at radius 2 is 1.94 bits per heavy atom. The van der Waals surface area contributed by atoms with Crippen molar-refractivity contribution < 1.29 is 19.0 Å². The molecule has 1 atom stereocenters. The van der Waals surface area contributed by atoms with E-state index in [1.807, 2.05) is 47.5 Å². The molecule has 3 aromatic rings. The zero-order chi connectivity index (χ0) is 22.6. The van der Waals surface area contributed by atoms with Gasteiger partial charge in [-0.1, -0.05) is 6.07 Å². The molecule has 8 nitrogen and oxygen atoms in total. The summed E-state index contributed by atoms with van der Waals surface area (Å²) in [6, 6.07) is 9.82. The van der Waals surface area contributed by atoms with Crippen LogP contribution in [-0.2, 0) is 29.2 Å². The predicted molar refractivity (Wildman–Crippen MR) is 123 cm³/mol. The molecule has 2 aliphatic heterocycles. The van der Waals surface area contributed by atoms with E-state index in [1.54, 1.807) is 23.7 Å². The van der Waals surface area contributed by atoms with Crippen LogP contribution in [-0.4, -0.2) is 58.2 Å². The van der Waals surface area contributed by atoms with E-state index in [2.05, 4.69) is 14.9 Å². The molecule has 0 spiro atoms. The van der Waals surface area contributed by atoms with Crippen LogP contribution in [0, 0.1) is 6.92 Å². The molecule has 0 saturated carbocycles. The molecule has 0 radical (unpaired) electrons. The molecule has 5 rings (SSSR count). The molecule has 1 amide bonds. The van der Waals surface area contributed by atoms with Crippen LogP contribution < -0.4 is 9.47 Å². The van der Waals surface area contributed by atoms with Crippen LogP contribution in [0.15, 0.2) is 48.1 Å². The van der Waals surface area contributed by atoms with Crippen LogP contribution >= 0.6 is 11.3 Å². The van der Waals surface area contributed by atoms with Gasteiger partial charge in [0.25, 0.3) is 0 Å². The van der Waals surface area contributed by atoms with E-state index in [-0.39, 0.29) is 18.8 Å². The van der Waals surface area contributed by atoms with Gasteiger partial charge in [0.1, 0.15) is 0 Å². The van der Waals surface area contributed by atoms with Gasteiger partial charge < -0.3 is 19.1 Å². The average molecular weight is 467 g/mol. The number of fused-ring (bicyclic) bond motifs is 1. The molecular weight excluding hydrogens is 440 g/mol. The summed E-state index contributed by atoms with van der Waals surface area (Å²) < 4.78 is 17.2. The van der Waals surface area contributed by atoms with Crippen LogP contribution in [0.1, 0.15) is 21.8 Å². The minimum atomic E-state index is -0.127. The van der Waals surface area contributed by atoms with Gasteiger partial charge in [-0.25, -0.2) is 4.98 Å². The largest absolute Gasteiger partial charge is 0.454 e. The Kier molecular flexibility index (Phi) is 6.52. The van der Waals surface area contributed by atoms with Gasteiger partial charge in [0, 0.05) is 37.4 Å². The lowest BCUT2D eigenvalue weighted by Gasteiger charge is -2.24. The Hall–Kier alpha value is -3.01. The molecule has 33 heavy (non-hydrogen) atoms. The van der Waals surface area contributed by atoms with Gasteiger partial charge in [-0.15, -0.1) is 11.3 Å². The smallest absolute Gasteiger partial charge is 0.237 e. The Morgan fingerprint density at radius 1 is 1.09 bits per heavy atom. The number of aryl methyl sites for hydroxylation is 1. The van der Waals surface area contributed by atoms with E-state index in [0.717, 1.165) is 33.3 Å². The fourth-order valence-electron chi connectivity index (χ4n) is 4.09. The molecule has 1 fully saturated rings. The number of benzene rings is 1. The van der Waals surface area contributed by atoms with Crippen LogP contribution in [0.2, 0.25) is 0 Å². The van der Waals surface area contributed by atoms with E-state index in [4.69, 9.17) is 14.2 Å². The van der Waals surface area contributed by atoms with Gasteiger partial charge in [-0.05, 0) is 42.3 Å². The summed E-state index contributed by atoms with van der Waals surface area (Å²) in [6.45, 7) is 5.33. The van der Waals surface area contributed by atoms with Crippen molar-refractivity contribution in [1.82, 2.24) is 19.8 Å². The molecule has 0 N–H and O–H groups in total. The number of hydrogen-bond acceptors (Lipinski definition) is 8. The van der Waals surface area contributed by atoms with E-state index >= 15 is 0 Å². The van der Waals surface area contributed by atoms with Gasteiger partial charge in [0.2, 0.25) is 12.7 Å². The third-order valence-corrected chi connectivity index (χ3v) is 6.52. The molecule has 4 heterocycles. The second-order valence-electron chi connectivity index (χ2n) is 8.28. The van der Waals surface area contributed by atoms with E-state index < -0.39 is 0 Å². The number of amides is 1. The molecule has 9 heteroatoms. The van der Waals surface area contributed by atoms with Gasteiger partial charge in [-0.3, -0.25) is 14.7 Å². The van der Waals surface area contributed by atoms with Crippen LogP contribution in [0.5, 0.6) is 11.5 Å². The number of carbonyl (C=O) groups excluding carboxylic acids is 1. The maximum absolute atomic E-state index is 13.2. The summed E-state index contributed by atoms with van der Waals surface area (Å²) >= 11 is 1.60. The van der Waals surface area contributed by atoms with Crippen LogP contribution in [0.25, 0.3) is 0 Å². The molecular formula is C24H26N4O4S. The van der Waals surface area contributed by atoms with E-state index in [0.29, 0.717) is 39.3 Å². The summed E-state index contributed by atoms with van der Waals surface area (Å²) in [5.41, 5.74) is 3.05. The summed E-state index contributed by atoms with van der Waals surface area (Å²) in [7, 11) is 0. The number of rotatable bonds is 7. The summed E-state index contributed by atoms with van der Waals surface area (Å²) in [5.74, 6) is 1.59. The highest BCUT2D eigenvalue weighted by atomic mass is 32.1. The van der Waals surface area contributed by atoms with E-state index in [1.165, 1.54) is 0 Å². The lowest BCUT2D eigenvalue weighted by Crippen LogP contribution is -2.37. The van der Waals surface area contributed by atoms with Crippen LogP contribution in [0.3, 0.4) is 0 Å². The average Bonchev–Trinajstić information content (AvgIpc) is 3.42. The lowest BCUT2D eigenvalue weighted by atomic mass is 10.2. The standard InChI is InChI=1S/C24H26N4O4S/c1-17-26-20(15-33-17)10-28-12-21(30-14-18-4-6-25-7-5-18)11-27(13-24(28)29)9-19-2-3-22-23(8-19)32-16-31-22/h2-8,15,21H,9-14,16H2,1H3/t21-/m1/s1. The first kappa shape index (κ1) is 21.8. The third-order valence-electron chi connectivity index (χ3n) is 5.70. The van der Waals surface area contributed by atoms with Crippen molar-refractivity contribution in [2.75, 3.05) is 26.4 Å². The van der Waals surface area contributed by atoms with Crippen molar-refractivity contribution in [3.8, 4) is 11.5 Å². The maximum atomic E-state index is 13.2. The molecule has 172 valence electrons. The van der Waals surface area contributed by atoms with Crippen molar-refractivity contribution in [1.29, 1.82) is 0 Å². The second kappa shape index (κ2) is 9.86. The number of carbonyl (C=O) groups is 1. The molecule has 2 aliphatic rings. The Bertz CT molecular complexity index is 1110. The highest BCUT2D eigenvalue weighted by Gasteiger charge is 2.29. The van der Waals surface area contributed by atoms with Crippen molar-refractivity contribution in [3.05, 3.63) is 69.9 Å².